The molecule has 1 saturated heterocycles. The summed E-state index contributed by atoms with van der Waals surface area (Å²) < 4.78 is 5.12. The Morgan fingerprint density at radius 2 is 2.05 bits per heavy atom. The normalized spacial score (nSPS) is 18.4. The van der Waals surface area contributed by atoms with Crippen LogP contribution in [-0.4, -0.2) is 31.0 Å². The summed E-state index contributed by atoms with van der Waals surface area (Å²) in [4.78, 5) is 14.5. The SMILES string of the molecule is COc1ccc(C(=O)N2CCCC(C)(C)CC2)c(N)c1. The number of nitrogen functional groups attached to an aromatic ring is 1. The van der Waals surface area contributed by atoms with Gasteiger partial charge in [0, 0.05) is 24.8 Å². The van der Waals surface area contributed by atoms with E-state index in [-0.39, 0.29) is 5.91 Å². The van der Waals surface area contributed by atoms with Crippen LogP contribution in [0.4, 0.5) is 5.69 Å². The largest absolute Gasteiger partial charge is 0.497 e. The van der Waals surface area contributed by atoms with Crippen molar-refractivity contribution in [2.24, 2.45) is 5.41 Å². The van der Waals surface area contributed by atoms with E-state index in [1.807, 2.05) is 4.90 Å². The van der Waals surface area contributed by atoms with Gasteiger partial charge >= 0.3 is 0 Å². The summed E-state index contributed by atoms with van der Waals surface area (Å²) in [7, 11) is 1.59. The van der Waals surface area contributed by atoms with Crippen LogP contribution in [0.1, 0.15) is 43.5 Å². The molecule has 0 bridgehead atoms. The maximum atomic E-state index is 12.6. The molecule has 20 heavy (non-hydrogen) atoms. The van der Waals surface area contributed by atoms with Gasteiger partial charge in [0.15, 0.2) is 0 Å². The molecule has 0 saturated carbocycles. The minimum Gasteiger partial charge on any atom is -0.497 e. The number of nitrogens with zero attached hydrogens (tertiary/aromatic N) is 1. The zero-order chi connectivity index (χ0) is 14.8. The molecule has 0 unspecified atom stereocenters. The first kappa shape index (κ1) is 14.7. The van der Waals surface area contributed by atoms with Crippen molar-refractivity contribution >= 4 is 11.6 Å². The van der Waals surface area contributed by atoms with Crippen LogP contribution in [0, 0.1) is 5.41 Å². The number of benzene rings is 1. The molecule has 1 fully saturated rings. The van der Waals surface area contributed by atoms with Crippen LogP contribution in [0.15, 0.2) is 18.2 Å². The summed E-state index contributed by atoms with van der Waals surface area (Å²) >= 11 is 0. The lowest BCUT2D eigenvalue weighted by molar-refractivity contribution is 0.0758. The van der Waals surface area contributed by atoms with Gasteiger partial charge in [-0.25, -0.2) is 0 Å². The van der Waals surface area contributed by atoms with E-state index >= 15 is 0 Å². The number of rotatable bonds is 2. The molecule has 4 heteroatoms. The lowest BCUT2D eigenvalue weighted by Crippen LogP contribution is -2.32. The highest BCUT2D eigenvalue weighted by Gasteiger charge is 2.26. The van der Waals surface area contributed by atoms with E-state index in [1.165, 1.54) is 0 Å². The van der Waals surface area contributed by atoms with Gasteiger partial charge in [-0.2, -0.15) is 0 Å². The van der Waals surface area contributed by atoms with Crippen LogP contribution in [0.5, 0.6) is 5.75 Å². The maximum Gasteiger partial charge on any atom is 0.255 e. The van der Waals surface area contributed by atoms with E-state index < -0.39 is 0 Å². The standard InChI is InChI=1S/C16H24N2O2/c1-16(2)7-4-9-18(10-8-16)15(19)13-6-5-12(20-3)11-14(13)17/h5-6,11H,4,7-10,17H2,1-3H3. The highest BCUT2D eigenvalue weighted by atomic mass is 16.5. The monoisotopic (exact) mass is 276 g/mol. The Labute approximate surface area is 120 Å². The maximum absolute atomic E-state index is 12.6. The van der Waals surface area contributed by atoms with Gasteiger partial charge in [0.25, 0.3) is 5.91 Å². The molecule has 0 aliphatic carbocycles. The van der Waals surface area contributed by atoms with E-state index in [1.54, 1.807) is 25.3 Å². The first-order valence-electron chi connectivity index (χ1n) is 7.16. The Hall–Kier alpha value is -1.71. The molecule has 0 spiro atoms. The van der Waals surface area contributed by atoms with Crippen LogP contribution in [0.2, 0.25) is 0 Å². The Bertz CT molecular complexity index is 497. The third-order valence-electron chi connectivity index (χ3n) is 4.12. The molecular weight excluding hydrogens is 252 g/mol. The van der Waals surface area contributed by atoms with Crippen LogP contribution in [0.3, 0.4) is 0 Å². The minimum absolute atomic E-state index is 0.0304. The molecule has 1 heterocycles. The predicted molar refractivity (Wildman–Crippen MR) is 80.9 cm³/mol. The fourth-order valence-corrected chi connectivity index (χ4v) is 2.66. The van der Waals surface area contributed by atoms with Gasteiger partial charge < -0.3 is 15.4 Å². The minimum atomic E-state index is 0.0304. The molecule has 0 aromatic heterocycles. The average Bonchev–Trinajstić information content (AvgIpc) is 2.59. The number of anilines is 1. The molecule has 1 aromatic rings. The molecule has 1 aliphatic heterocycles. The van der Waals surface area contributed by atoms with Crippen molar-refractivity contribution in [3.8, 4) is 5.75 Å². The molecular formula is C16H24N2O2. The van der Waals surface area contributed by atoms with Gasteiger partial charge in [-0.3, -0.25) is 4.79 Å². The van der Waals surface area contributed by atoms with Crippen molar-refractivity contribution in [3.05, 3.63) is 23.8 Å². The summed E-state index contributed by atoms with van der Waals surface area (Å²) in [5, 5.41) is 0. The first-order chi connectivity index (χ1) is 9.43. The van der Waals surface area contributed by atoms with Crippen LogP contribution in [0.25, 0.3) is 0 Å². The average molecular weight is 276 g/mol. The molecule has 2 N–H and O–H groups in total. The zero-order valence-corrected chi connectivity index (χ0v) is 12.6. The van der Waals surface area contributed by atoms with Gasteiger partial charge in [-0.1, -0.05) is 13.8 Å². The van der Waals surface area contributed by atoms with Gasteiger partial charge in [-0.15, -0.1) is 0 Å². The first-order valence-corrected chi connectivity index (χ1v) is 7.16. The summed E-state index contributed by atoms with van der Waals surface area (Å²) in [6.45, 7) is 6.15. The van der Waals surface area contributed by atoms with Gasteiger partial charge in [0.2, 0.25) is 0 Å². The lowest BCUT2D eigenvalue weighted by Gasteiger charge is -2.24. The molecule has 110 valence electrons. The van der Waals surface area contributed by atoms with Crippen molar-refractivity contribution in [1.29, 1.82) is 0 Å². The number of hydrogen-bond donors (Lipinski definition) is 1. The van der Waals surface area contributed by atoms with Crippen LogP contribution >= 0.6 is 0 Å². The zero-order valence-electron chi connectivity index (χ0n) is 12.6. The molecule has 1 amide bonds. The second-order valence-electron chi connectivity index (χ2n) is 6.26. The second kappa shape index (κ2) is 5.73. The fraction of sp³-hybridized carbons (Fsp3) is 0.562. The Morgan fingerprint density at radius 3 is 2.70 bits per heavy atom. The highest BCUT2D eigenvalue weighted by Crippen LogP contribution is 2.31. The number of likely N-dealkylation sites (tertiary alicyclic amines) is 1. The number of methoxy groups -OCH3 is 1. The molecule has 4 nitrogen and oxygen atoms in total. The van der Waals surface area contributed by atoms with E-state index in [0.717, 1.165) is 32.4 Å². The molecule has 1 aliphatic rings. The third-order valence-corrected chi connectivity index (χ3v) is 4.12. The molecule has 1 aromatic carbocycles. The Kier molecular flexibility index (Phi) is 4.21. The number of carbonyl (C=O) groups is 1. The summed E-state index contributed by atoms with van der Waals surface area (Å²) in [5.74, 6) is 0.707. The van der Waals surface area contributed by atoms with Crippen molar-refractivity contribution in [3.63, 3.8) is 0 Å². The van der Waals surface area contributed by atoms with Gasteiger partial charge in [0.1, 0.15) is 5.75 Å². The molecule has 2 rings (SSSR count). The van der Waals surface area contributed by atoms with E-state index in [2.05, 4.69) is 13.8 Å². The Morgan fingerprint density at radius 1 is 1.30 bits per heavy atom. The van der Waals surface area contributed by atoms with E-state index in [4.69, 9.17) is 10.5 Å². The van der Waals surface area contributed by atoms with Crippen LogP contribution < -0.4 is 10.5 Å². The number of nitrogens with two attached hydrogens (primary N) is 1. The fourth-order valence-electron chi connectivity index (χ4n) is 2.66. The number of carbonyl (C=O) groups excluding carboxylic acids is 1. The van der Waals surface area contributed by atoms with Crippen molar-refractivity contribution < 1.29 is 9.53 Å². The van der Waals surface area contributed by atoms with Crippen molar-refractivity contribution in [2.45, 2.75) is 33.1 Å². The van der Waals surface area contributed by atoms with E-state index in [0.29, 0.717) is 22.4 Å². The van der Waals surface area contributed by atoms with Gasteiger partial charge in [-0.05, 0) is 36.8 Å². The Balaban J connectivity index is 2.15. The van der Waals surface area contributed by atoms with Crippen LogP contribution in [-0.2, 0) is 0 Å². The van der Waals surface area contributed by atoms with E-state index in [9.17, 15) is 4.79 Å². The summed E-state index contributed by atoms with van der Waals surface area (Å²) in [6.07, 6.45) is 3.25. The molecule has 0 atom stereocenters. The number of ether oxygens (including phenoxy) is 1. The topological polar surface area (TPSA) is 55.6 Å². The van der Waals surface area contributed by atoms with Crippen molar-refractivity contribution in [2.75, 3.05) is 25.9 Å². The summed E-state index contributed by atoms with van der Waals surface area (Å²) in [5.41, 5.74) is 7.35. The lowest BCUT2D eigenvalue weighted by atomic mass is 9.85. The quantitative estimate of drug-likeness (QED) is 0.845. The summed E-state index contributed by atoms with van der Waals surface area (Å²) in [6, 6.07) is 5.24. The number of hydrogen-bond acceptors (Lipinski definition) is 3. The third kappa shape index (κ3) is 3.24. The number of amides is 1. The second-order valence-corrected chi connectivity index (χ2v) is 6.26. The van der Waals surface area contributed by atoms with Crippen molar-refractivity contribution in [1.82, 2.24) is 4.90 Å². The predicted octanol–water partition coefficient (Wildman–Crippen LogP) is 2.93. The molecule has 0 radical (unpaired) electrons. The highest BCUT2D eigenvalue weighted by molar-refractivity contribution is 5.99. The van der Waals surface area contributed by atoms with Gasteiger partial charge in [0.05, 0.1) is 12.7 Å². The smallest absolute Gasteiger partial charge is 0.255 e.